The second-order valence-corrected chi connectivity index (χ2v) is 8.51. The Bertz CT molecular complexity index is 678. The third-order valence-electron chi connectivity index (χ3n) is 4.70. The Labute approximate surface area is 149 Å². The van der Waals surface area contributed by atoms with Gasteiger partial charge in [-0.25, -0.2) is 8.42 Å². The van der Waals surface area contributed by atoms with Crippen LogP contribution in [-0.2, 0) is 19.6 Å². The Balaban J connectivity index is 1.58. The van der Waals surface area contributed by atoms with Crippen LogP contribution in [0.5, 0.6) is 0 Å². The topological polar surface area (TPSA) is 80.1 Å². The fourth-order valence-electron chi connectivity index (χ4n) is 3.23. The van der Waals surface area contributed by atoms with Crippen LogP contribution in [0.2, 0.25) is 0 Å². The van der Waals surface area contributed by atoms with Gasteiger partial charge in [0.15, 0.2) is 6.54 Å². The van der Waals surface area contributed by atoms with Crippen molar-refractivity contribution in [1.82, 2.24) is 4.31 Å². The van der Waals surface area contributed by atoms with E-state index < -0.39 is 10.0 Å². The van der Waals surface area contributed by atoms with Crippen LogP contribution in [0.3, 0.4) is 0 Å². The molecule has 2 saturated heterocycles. The molecule has 0 spiro atoms. The van der Waals surface area contributed by atoms with E-state index in [1.54, 1.807) is 28.6 Å². The maximum absolute atomic E-state index is 12.6. The van der Waals surface area contributed by atoms with Gasteiger partial charge in [0.1, 0.15) is 13.1 Å². The van der Waals surface area contributed by atoms with Gasteiger partial charge in [-0.05, 0) is 37.1 Å². The van der Waals surface area contributed by atoms with Gasteiger partial charge in [-0.3, -0.25) is 4.79 Å². The average Bonchev–Trinajstić information content (AvgIpc) is 2.63. The number of nitrogens with one attached hydrogen (secondary N) is 2. The van der Waals surface area contributed by atoms with Gasteiger partial charge in [0.2, 0.25) is 10.0 Å². The van der Waals surface area contributed by atoms with Crippen molar-refractivity contribution in [1.29, 1.82) is 0 Å². The molecule has 138 valence electrons. The Morgan fingerprint density at radius 3 is 2.36 bits per heavy atom. The number of amides is 1. The molecule has 0 saturated carbocycles. The standard InChI is InChI=1S/C17H25N3O4S/c21-17(14-19-10-12-24-13-11-19)18-15-4-6-16(7-5-15)25(22,23)20-8-2-1-3-9-20/h4-7H,1-3,8-14H2,(H,18,21)/p+1. The van der Waals surface area contributed by atoms with E-state index in [0.717, 1.165) is 32.4 Å². The maximum atomic E-state index is 12.6. The van der Waals surface area contributed by atoms with Crippen LogP contribution in [0, 0.1) is 0 Å². The summed E-state index contributed by atoms with van der Waals surface area (Å²) in [5.74, 6) is -0.0662. The molecule has 2 N–H and O–H groups in total. The highest BCUT2D eigenvalue weighted by atomic mass is 32.2. The average molecular weight is 368 g/mol. The van der Waals surface area contributed by atoms with Gasteiger partial charge in [-0.15, -0.1) is 0 Å². The van der Waals surface area contributed by atoms with Crippen molar-refractivity contribution in [3.05, 3.63) is 24.3 Å². The fraction of sp³-hybridized carbons (Fsp3) is 0.588. The molecule has 1 amide bonds. The third kappa shape index (κ3) is 4.78. The van der Waals surface area contributed by atoms with Gasteiger partial charge in [0.25, 0.3) is 5.91 Å². The summed E-state index contributed by atoms with van der Waals surface area (Å²) in [5.41, 5.74) is 0.621. The first-order valence-electron chi connectivity index (χ1n) is 8.87. The molecule has 2 heterocycles. The van der Waals surface area contributed by atoms with E-state index in [1.807, 2.05) is 0 Å². The lowest BCUT2D eigenvalue weighted by Crippen LogP contribution is -3.15. The van der Waals surface area contributed by atoms with Gasteiger partial charge < -0.3 is 15.0 Å². The first-order valence-corrected chi connectivity index (χ1v) is 10.3. The summed E-state index contributed by atoms with van der Waals surface area (Å²) in [7, 11) is -3.43. The number of hydrogen-bond acceptors (Lipinski definition) is 4. The minimum atomic E-state index is -3.43. The lowest BCUT2D eigenvalue weighted by molar-refractivity contribution is -0.899. The zero-order valence-electron chi connectivity index (χ0n) is 14.4. The highest BCUT2D eigenvalue weighted by Gasteiger charge is 2.25. The smallest absolute Gasteiger partial charge is 0.279 e. The molecule has 0 aliphatic carbocycles. The second kappa shape index (κ2) is 8.27. The molecular formula is C17H26N3O4S+. The van der Waals surface area contributed by atoms with Crippen LogP contribution in [0.25, 0.3) is 0 Å². The molecule has 2 aliphatic heterocycles. The van der Waals surface area contributed by atoms with Crippen LogP contribution in [-0.4, -0.2) is 64.6 Å². The predicted octanol–water partition coefficient (Wildman–Crippen LogP) is -0.285. The summed E-state index contributed by atoms with van der Waals surface area (Å²) in [6.45, 7) is 4.61. The summed E-state index contributed by atoms with van der Waals surface area (Å²) in [6, 6.07) is 6.45. The molecule has 2 fully saturated rings. The Kier molecular flexibility index (Phi) is 6.06. The number of nitrogens with zero attached hydrogens (tertiary/aromatic N) is 1. The van der Waals surface area contributed by atoms with Crippen molar-refractivity contribution in [2.75, 3.05) is 51.3 Å². The van der Waals surface area contributed by atoms with Crippen molar-refractivity contribution >= 4 is 21.6 Å². The quantitative estimate of drug-likeness (QED) is 0.749. The molecule has 7 nitrogen and oxygen atoms in total. The lowest BCUT2D eigenvalue weighted by Gasteiger charge is -2.26. The number of hydrogen-bond donors (Lipinski definition) is 2. The van der Waals surface area contributed by atoms with E-state index >= 15 is 0 Å². The summed E-state index contributed by atoms with van der Waals surface area (Å²) < 4.78 is 32.0. The number of rotatable bonds is 5. The molecule has 1 aromatic carbocycles. The maximum Gasteiger partial charge on any atom is 0.279 e. The number of benzene rings is 1. The van der Waals surface area contributed by atoms with Gasteiger partial charge in [-0.1, -0.05) is 6.42 Å². The zero-order valence-corrected chi connectivity index (χ0v) is 15.2. The van der Waals surface area contributed by atoms with Crippen molar-refractivity contribution in [2.45, 2.75) is 24.2 Å². The second-order valence-electron chi connectivity index (χ2n) is 6.58. The molecule has 8 heteroatoms. The molecule has 0 aromatic heterocycles. The van der Waals surface area contributed by atoms with Gasteiger partial charge >= 0.3 is 0 Å². The van der Waals surface area contributed by atoms with E-state index in [2.05, 4.69) is 5.32 Å². The highest BCUT2D eigenvalue weighted by Crippen LogP contribution is 2.21. The monoisotopic (exact) mass is 368 g/mol. The van der Waals surface area contributed by atoms with Crippen LogP contribution in [0.15, 0.2) is 29.2 Å². The normalized spacial score (nSPS) is 20.3. The largest absolute Gasteiger partial charge is 0.370 e. The van der Waals surface area contributed by atoms with E-state index in [1.165, 1.54) is 4.90 Å². The van der Waals surface area contributed by atoms with Crippen molar-refractivity contribution < 1.29 is 22.8 Å². The summed E-state index contributed by atoms with van der Waals surface area (Å²) in [4.78, 5) is 13.6. The predicted molar refractivity (Wildman–Crippen MR) is 94.1 cm³/mol. The van der Waals surface area contributed by atoms with Crippen molar-refractivity contribution in [3.8, 4) is 0 Å². The third-order valence-corrected chi connectivity index (χ3v) is 6.61. The van der Waals surface area contributed by atoms with Crippen LogP contribution in [0.4, 0.5) is 5.69 Å². The van der Waals surface area contributed by atoms with Gasteiger partial charge in [-0.2, -0.15) is 4.31 Å². The highest BCUT2D eigenvalue weighted by molar-refractivity contribution is 7.89. The van der Waals surface area contributed by atoms with Crippen molar-refractivity contribution in [2.24, 2.45) is 0 Å². The first-order chi connectivity index (χ1) is 12.1. The number of quaternary nitrogens is 1. The van der Waals surface area contributed by atoms with E-state index in [4.69, 9.17) is 4.74 Å². The summed E-state index contributed by atoms with van der Waals surface area (Å²) >= 11 is 0. The SMILES string of the molecule is O=C(C[NH+]1CCOCC1)Nc1ccc(S(=O)(=O)N2CCCCC2)cc1. The number of sulfonamides is 1. The number of piperidine rings is 1. The number of carbonyl (C=O) groups excluding carboxylic acids is 1. The fourth-order valence-corrected chi connectivity index (χ4v) is 4.75. The number of ether oxygens (including phenoxy) is 1. The van der Waals surface area contributed by atoms with E-state index in [-0.39, 0.29) is 10.8 Å². The van der Waals surface area contributed by atoms with Gasteiger partial charge in [0, 0.05) is 18.8 Å². The Hall–Kier alpha value is -1.48. The minimum absolute atomic E-state index is 0.0662. The molecule has 0 unspecified atom stereocenters. The zero-order chi connectivity index (χ0) is 17.7. The minimum Gasteiger partial charge on any atom is -0.370 e. The van der Waals surface area contributed by atoms with Crippen molar-refractivity contribution in [3.63, 3.8) is 0 Å². The Morgan fingerprint density at radius 1 is 1.08 bits per heavy atom. The van der Waals surface area contributed by atoms with E-state index in [0.29, 0.717) is 38.5 Å². The van der Waals surface area contributed by atoms with Gasteiger partial charge in [0.05, 0.1) is 18.1 Å². The molecule has 0 atom stereocenters. The van der Waals surface area contributed by atoms with E-state index in [9.17, 15) is 13.2 Å². The lowest BCUT2D eigenvalue weighted by atomic mass is 10.2. The summed E-state index contributed by atoms with van der Waals surface area (Å²) in [5, 5.41) is 2.84. The molecule has 25 heavy (non-hydrogen) atoms. The molecular weight excluding hydrogens is 342 g/mol. The number of morpholine rings is 1. The van der Waals surface area contributed by atoms with Crippen LogP contribution >= 0.6 is 0 Å². The van der Waals surface area contributed by atoms with Crippen LogP contribution in [0.1, 0.15) is 19.3 Å². The Morgan fingerprint density at radius 2 is 1.72 bits per heavy atom. The molecule has 3 rings (SSSR count). The first kappa shape index (κ1) is 18.3. The summed E-state index contributed by atoms with van der Waals surface area (Å²) in [6.07, 6.45) is 2.91. The molecule has 0 bridgehead atoms. The number of anilines is 1. The number of carbonyl (C=O) groups is 1. The van der Waals surface area contributed by atoms with Crippen LogP contribution < -0.4 is 10.2 Å². The molecule has 1 aromatic rings. The molecule has 0 radical (unpaired) electrons. The molecule has 2 aliphatic rings.